The summed E-state index contributed by atoms with van der Waals surface area (Å²) >= 11 is 0. The molecule has 12 nitrogen and oxygen atoms in total. The maximum atomic E-state index is 13.0. The molecule has 236 valence electrons. The van der Waals surface area contributed by atoms with Crippen molar-refractivity contribution >= 4 is 19.7 Å². The third kappa shape index (κ3) is 7.13. The van der Waals surface area contributed by atoms with Gasteiger partial charge in [-0.1, -0.05) is 18.2 Å². The van der Waals surface area contributed by atoms with Crippen LogP contribution in [0.15, 0.2) is 147 Å². The summed E-state index contributed by atoms with van der Waals surface area (Å²) in [5.41, 5.74) is 0. The third-order valence-corrected chi connectivity index (χ3v) is 10.1. The van der Waals surface area contributed by atoms with Gasteiger partial charge in [-0.25, -0.2) is 16.8 Å². The Bertz CT molecular complexity index is 2090. The van der Waals surface area contributed by atoms with Crippen LogP contribution in [-0.2, 0) is 19.7 Å². The third-order valence-electron chi connectivity index (χ3n) is 6.51. The summed E-state index contributed by atoms with van der Waals surface area (Å²) < 4.78 is 69.3. The summed E-state index contributed by atoms with van der Waals surface area (Å²) in [4.78, 5) is 12.6. The Balaban J connectivity index is 1.25. The molecule has 0 saturated carbocycles. The number of rotatable bonds is 10. The molecule has 0 spiro atoms. The fourth-order valence-corrected chi connectivity index (χ4v) is 6.68. The van der Waals surface area contributed by atoms with Gasteiger partial charge in [-0.2, -0.15) is 0 Å². The lowest BCUT2D eigenvalue weighted by Crippen LogP contribution is -2.03. The Morgan fingerprint density at radius 1 is 0.383 bits per heavy atom. The SMILES string of the molecule is O=S(=O)(c1ccc(O)cc1)c1ccc(Oc2nc(Oc3ccccc3)nc(Oc3ccc(S(=O)(=O)c4ccc(O)cc4)cc3)n2)cc1. The number of hydrogen-bond acceptors (Lipinski definition) is 12. The number of phenolic OH excluding ortho intramolecular Hbond substituents is 2. The highest BCUT2D eigenvalue weighted by molar-refractivity contribution is 7.91. The van der Waals surface area contributed by atoms with E-state index >= 15 is 0 Å². The number of phenols is 2. The lowest BCUT2D eigenvalue weighted by Gasteiger charge is -2.11. The monoisotopic (exact) mass is 669 g/mol. The molecule has 0 aliphatic heterocycles. The van der Waals surface area contributed by atoms with Crippen molar-refractivity contribution in [2.24, 2.45) is 0 Å². The van der Waals surface area contributed by atoms with Gasteiger partial charge in [0.15, 0.2) is 0 Å². The van der Waals surface area contributed by atoms with Gasteiger partial charge in [-0.05, 0) is 109 Å². The summed E-state index contributed by atoms with van der Waals surface area (Å²) in [6.07, 6.45) is 0. The highest BCUT2D eigenvalue weighted by atomic mass is 32.2. The molecule has 0 bridgehead atoms. The maximum Gasteiger partial charge on any atom is 0.331 e. The number of benzene rings is 5. The van der Waals surface area contributed by atoms with E-state index in [0.717, 1.165) is 0 Å². The van der Waals surface area contributed by atoms with Crippen LogP contribution in [0, 0.1) is 0 Å². The number of hydrogen-bond donors (Lipinski definition) is 2. The second kappa shape index (κ2) is 12.8. The molecule has 0 radical (unpaired) electrons. The molecule has 14 heteroatoms. The molecule has 1 heterocycles. The van der Waals surface area contributed by atoms with Crippen LogP contribution in [-0.4, -0.2) is 42.0 Å². The molecule has 0 unspecified atom stereocenters. The van der Waals surface area contributed by atoms with Crippen molar-refractivity contribution in [1.29, 1.82) is 0 Å². The van der Waals surface area contributed by atoms with Gasteiger partial charge >= 0.3 is 18.0 Å². The molecule has 6 rings (SSSR count). The van der Waals surface area contributed by atoms with Gasteiger partial charge in [0.2, 0.25) is 19.7 Å². The van der Waals surface area contributed by atoms with Crippen LogP contribution in [0.2, 0.25) is 0 Å². The van der Waals surface area contributed by atoms with Gasteiger partial charge < -0.3 is 24.4 Å². The van der Waals surface area contributed by atoms with Crippen molar-refractivity contribution in [3.63, 3.8) is 0 Å². The van der Waals surface area contributed by atoms with Crippen molar-refractivity contribution in [1.82, 2.24) is 15.0 Å². The first-order chi connectivity index (χ1) is 22.6. The summed E-state index contributed by atoms with van der Waals surface area (Å²) in [5.74, 6) is 0.699. The molecule has 0 saturated heterocycles. The summed E-state index contributed by atoms with van der Waals surface area (Å²) in [5, 5.41) is 19.0. The van der Waals surface area contributed by atoms with Crippen LogP contribution < -0.4 is 14.2 Å². The van der Waals surface area contributed by atoms with E-state index in [-0.39, 0.29) is 60.6 Å². The van der Waals surface area contributed by atoms with Crippen molar-refractivity contribution in [2.75, 3.05) is 0 Å². The number of sulfone groups is 2. The molecule has 0 aliphatic carbocycles. The Labute approximate surface area is 269 Å². The lowest BCUT2D eigenvalue weighted by molar-refractivity contribution is 0.362. The zero-order chi connectivity index (χ0) is 33.0. The number of para-hydroxylation sites is 1. The molecule has 2 N–H and O–H groups in total. The van der Waals surface area contributed by atoms with E-state index in [2.05, 4.69) is 15.0 Å². The molecular weight excluding hydrogens is 647 g/mol. The standard InChI is InChI=1S/C33H23N3O9S2/c37-22-6-14-27(15-7-22)46(39,40)29-18-10-25(11-19-29)44-32-34-31(43-24-4-2-1-3-5-24)35-33(36-32)45-26-12-20-30(21-13-26)47(41,42)28-16-8-23(38)9-17-28/h1-21,37-38H. The molecule has 0 fully saturated rings. The van der Waals surface area contributed by atoms with Crippen LogP contribution in [0.5, 0.6) is 46.8 Å². The van der Waals surface area contributed by atoms with Crippen LogP contribution >= 0.6 is 0 Å². The van der Waals surface area contributed by atoms with Crippen molar-refractivity contribution in [3.05, 3.63) is 127 Å². The largest absolute Gasteiger partial charge is 0.508 e. The van der Waals surface area contributed by atoms with Gasteiger partial charge in [0, 0.05) is 0 Å². The quantitative estimate of drug-likeness (QED) is 0.166. The summed E-state index contributed by atoms with van der Waals surface area (Å²) in [7, 11) is -7.71. The van der Waals surface area contributed by atoms with Crippen LogP contribution in [0.3, 0.4) is 0 Å². The van der Waals surface area contributed by atoms with Crippen LogP contribution in [0.1, 0.15) is 0 Å². The highest BCUT2D eigenvalue weighted by Crippen LogP contribution is 2.30. The van der Waals surface area contributed by atoms with Gasteiger partial charge in [-0.15, -0.1) is 15.0 Å². The van der Waals surface area contributed by atoms with Crippen LogP contribution in [0.25, 0.3) is 0 Å². The molecule has 1 aromatic heterocycles. The van der Waals surface area contributed by atoms with Gasteiger partial charge in [0.1, 0.15) is 28.7 Å². The van der Waals surface area contributed by atoms with E-state index in [9.17, 15) is 27.0 Å². The Kier molecular flexibility index (Phi) is 8.44. The zero-order valence-electron chi connectivity index (χ0n) is 24.0. The minimum atomic E-state index is -3.85. The molecule has 0 atom stereocenters. The first kappa shape index (κ1) is 31.0. The topological polar surface area (TPSA) is 175 Å². The molecule has 5 aromatic carbocycles. The number of nitrogens with zero attached hydrogens (tertiary/aromatic N) is 3. The predicted molar refractivity (Wildman–Crippen MR) is 166 cm³/mol. The number of aromatic hydroxyl groups is 2. The van der Waals surface area contributed by atoms with Gasteiger partial charge in [-0.3, -0.25) is 0 Å². The van der Waals surface area contributed by atoms with E-state index < -0.39 is 19.7 Å². The minimum absolute atomic E-state index is 0.000758. The molecule has 6 aromatic rings. The average molecular weight is 670 g/mol. The van der Waals surface area contributed by atoms with E-state index in [1.165, 1.54) is 97.1 Å². The van der Waals surface area contributed by atoms with E-state index in [4.69, 9.17) is 14.2 Å². The molecule has 0 amide bonds. The molecular formula is C33H23N3O9S2. The van der Waals surface area contributed by atoms with Crippen molar-refractivity contribution < 1.29 is 41.3 Å². The summed E-state index contributed by atoms with van der Waals surface area (Å²) in [6, 6.07) is 29.5. The lowest BCUT2D eigenvalue weighted by atomic mass is 10.3. The Morgan fingerprint density at radius 3 is 0.979 bits per heavy atom. The Morgan fingerprint density at radius 2 is 0.660 bits per heavy atom. The highest BCUT2D eigenvalue weighted by Gasteiger charge is 2.20. The first-order valence-electron chi connectivity index (χ1n) is 13.7. The minimum Gasteiger partial charge on any atom is -0.508 e. The van der Waals surface area contributed by atoms with Gasteiger partial charge in [0.25, 0.3) is 0 Å². The number of ether oxygens (including phenoxy) is 3. The number of aromatic nitrogens is 3. The van der Waals surface area contributed by atoms with Gasteiger partial charge in [0.05, 0.1) is 19.6 Å². The van der Waals surface area contributed by atoms with E-state index in [1.54, 1.807) is 30.3 Å². The van der Waals surface area contributed by atoms with Crippen molar-refractivity contribution in [2.45, 2.75) is 19.6 Å². The fourth-order valence-electron chi connectivity index (χ4n) is 4.16. The average Bonchev–Trinajstić information content (AvgIpc) is 3.06. The smallest absolute Gasteiger partial charge is 0.331 e. The second-order valence-electron chi connectivity index (χ2n) is 9.74. The second-order valence-corrected chi connectivity index (χ2v) is 13.6. The van der Waals surface area contributed by atoms with Crippen LogP contribution in [0.4, 0.5) is 0 Å². The predicted octanol–water partition coefficient (Wildman–Crippen LogP) is 6.33. The maximum absolute atomic E-state index is 13.0. The van der Waals surface area contributed by atoms with Crippen molar-refractivity contribution in [3.8, 4) is 46.8 Å². The summed E-state index contributed by atoms with van der Waals surface area (Å²) in [6.45, 7) is 0. The fraction of sp³-hybridized carbons (Fsp3) is 0. The first-order valence-corrected chi connectivity index (χ1v) is 16.7. The molecule has 0 aliphatic rings. The Hall–Kier alpha value is -5.99. The molecule has 47 heavy (non-hydrogen) atoms. The van der Waals surface area contributed by atoms with E-state index in [0.29, 0.717) is 5.75 Å². The normalized spacial score (nSPS) is 11.5. The van der Waals surface area contributed by atoms with E-state index in [1.807, 2.05) is 0 Å². The zero-order valence-corrected chi connectivity index (χ0v) is 25.7.